The van der Waals surface area contributed by atoms with E-state index in [-0.39, 0.29) is 5.54 Å². The molecule has 3 rings (SSSR count). The van der Waals surface area contributed by atoms with Crippen molar-refractivity contribution in [2.24, 2.45) is 0 Å². The van der Waals surface area contributed by atoms with Crippen LogP contribution in [0, 0.1) is 6.92 Å². The minimum absolute atomic E-state index is 0.117. The maximum atomic E-state index is 4.49. The predicted molar refractivity (Wildman–Crippen MR) is 91.6 cm³/mol. The van der Waals surface area contributed by atoms with E-state index in [1.807, 2.05) is 6.92 Å². The highest BCUT2D eigenvalue weighted by Crippen LogP contribution is 2.20. The fourth-order valence-corrected chi connectivity index (χ4v) is 3.39. The molecule has 8 heteroatoms. The first kappa shape index (κ1) is 16.3. The predicted octanol–water partition coefficient (Wildman–Crippen LogP) is 2.27. The standard InChI is InChI=1S/C15H25N7S/c1-11-10-23-14(16-11)17-12-5-7-21(8-6-12)9-13-18-20-22(19-13)15(2,3)4/h10,12H,5-9H2,1-4H3,(H,16,17). The number of nitrogens with zero attached hydrogens (tertiary/aromatic N) is 6. The number of hydrogen-bond acceptors (Lipinski definition) is 7. The molecule has 126 valence electrons. The molecule has 23 heavy (non-hydrogen) atoms. The Kier molecular flexibility index (Phi) is 4.63. The number of hydrogen-bond donors (Lipinski definition) is 1. The average molecular weight is 335 g/mol. The summed E-state index contributed by atoms with van der Waals surface area (Å²) in [6, 6.07) is 0.509. The second-order valence-corrected chi connectivity index (χ2v) is 8.01. The van der Waals surface area contributed by atoms with Crippen molar-refractivity contribution in [3.63, 3.8) is 0 Å². The summed E-state index contributed by atoms with van der Waals surface area (Å²) in [6.07, 6.45) is 2.23. The monoisotopic (exact) mass is 335 g/mol. The minimum Gasteiger partial charge on any atom is -0.359 e. The van der Waals surface area contributed by atoms with Gasteiger partial charge in [0.25, 0.3) is 0 Å². The fraction of sp³-hybridized carbons (Fsp3) is 0.733. The van der Waals surface area contributed by atoms with Gasteiger partial charge in [-0.3, -0.25) is 4.90 Å². The number of thiazole rings is 1. The van der Waals surface area contributed by atoms with Gasteiger partial charge in [-0.1, -0.05) is 0 Å². The molecule has 1 N–H and O–H groups in total. The lowest BCUT2D eigenvalue weighted by atomic mass is 10.1. The summed E-state index contributed by atoms with van der Waals surface area (Å²) >= 11 is 1.68. The number of tetrazole rings is 1. The Balaban J connectivity index is 1.48. The van der Waals surface area contributed by atoms with Crippen LogP contribution in [0.4, 0.5) is 5.13 Å². The first-order valence-electron chi connectivity index (χ1n) is 8.10. The third-order valence-electron chi connectivity index (χ3n) is 3.95. The number of aromatic nitrogens is 5. The van der Waals surface area contributed by atoms with Crippen molar-refractivity contribution in [3.8, 4) is 0 Å². The number of rotatable bonds is 4. The molecule has 7 nitrogen and oxygen atoms in total. The van der Waals surface area contributed by atoms with Gasteiger partial charge in [0.2, 0.25) is 0 Å². The van der Waals surface area contributed by atoms with Gasteiger partial charge in [0, 0.05) is 24.5 Å². The normalized spacial score (nSPS) is 17.6. The van der Waals surface area contributed by atoms with Crippen LogP contribution in [0.2, 0.25) is 0 Å². The molecular formula is C15H25N7S. The number of anilines is 1. The Bertz CT molecular complexity index is 634. The highest BCUT2D eigenvalue weighted by Gasteiger charge is 2.22. The molecule has 0 radical (unpaired) electrons. The molecule has 1 saturated heterocycles. The summed E-state index contributed by atoms with van der Waals surface area (Å²) in [7, 11) is 0. The van der Waals surface area contributed by atoms with Crippen molar-refractivity contribution in [2.45, 2.75) is 58.7 Å². The maximum Gasteiger partial charge on any atom is 0.188 e. The van der Waals surface area contributed by atoms with Gasteiger partial charge in [0.1, 0.15) is 0 Å². The summed E-state index contributed by atoms with van der Waals surface area (Å²) in [5.41, 5.74) is 0.969. The first-order valence-corrected chi connectivity index (χ1v) is 8.98. The second kappa shape index (κ2) is 6.52. The zero-order valence-corrected chi connectivity index (χ0v) is 15.1. The second-order valence-electron chi connectivity index (χ2n) is 7.15. The summed E-state index contributed by atoms with van der Waals surface area (Å²) in [6.45, 7) is 11.1. The molecule has 1 aliphatic heterocycles. The van der Waals surface area contributed by atoms with Crippen LogP contribution < -0.4 is 5.32 Å². The van der Waals surface area contributed by atoms with E-state index in [0.717, 1.165) is 49.1 Å². The molecule has 2 aromatic heterocycles. The first-order chi connectivity index (χ1) is 10.9. The summed E-state index contributed by atoms with van der Waals surface area (Å²) in [5, 5.41) is 19.5. The Morgan fingerprint density at radius 3 is 2.61 bits per heavy atom. The van der Waals surface area contributed by atoms with Crippen molar-refractivity contribution >= 4 is 16.5 Å². The quantitative estimate of drug-likeness (QED) is 0.924. The number of piperidine rings is 1. The molecule has 3 heterocycles. The molecule has 0 unspecified atom stereocenters. The van der Waals surface area contributed by atoms with Crippen molar-refractivity contribution in [3.05, 3.63) is 16.9 Å². The van der Waals surface area contributed by atoms with E-state index >= 15 is 0 Å². The molecule has 0 amide bonds. The van der Waals surface area contributed by atoms with Crippen LogP contribution >= 0.6 is 11.3 Å². The lowest BCUT2D eigenvalue weighted by molar-refractivity contribution is 0.205. The molecule has 0 aromatic carbocycles. The number of likely N-dealkylation sites (tertiary alicyclic amines) is 1. The third kappa shape index (κ3) is 4.26. The smallest absolute Gasteiger partial charge is 0.188 e. The van der Waals surface area contributed by atoms with Crippen molar-refractivity contribution < 1.29 is 0 Å². The van der Waals surface area contributed by atoms with Gasteiger partial charge in [0.15, 0.2) is 11.0 Å². The van der Waals surface area contributed by atoms with Gasteiger partial charge >= 0.3 is 0 Å². The van der Waals surface area contributed by atoms with E-state index in [0.29, 0.717) is 6.04 Å². The lowest BCUT2D eigenvalue weighted by Crippen LogP contribution is -2.38. The van der Waals surface area contributed by atoms with Crippen molar-refractivity contribution in [1.82, 2.24) is 30.1 Å². The summed E-state index contributed by atoms with van der Waals surface area (Å²) in [4.78, 5) is 8.57. The zero-order chi connectivity index (χ0) is 16.4. The summed E-state index contributed by atoms with van der Waals surface area (Å²) in [5.74, 6) is 0.807. The molecule has 0 bridgehead atoms. The molecular weight excluding hydrogens is 310 g/mol. The van der Waals surface area contributed by atoms with Crippen molar-refractivity contribution in [2.75, 3.05) is 18.4 Å². The van der Waals surface area contributed by atoms with E-state index < -0.39 is 0 Å². The van der Waals surface area contributed by atoms with Gasteiger partial charge in [-0.2, -0.15) is 4.80 Å². The van der Waals surface area contributed by atoms with Crippen LogP contribution in [-0.2, 0) is 12.1 Å². The van der Waals surface area contributed by atoms with E-state index in [1.165, 1.54) is 0 Å². The highest BCUT2D eigenvalue weighted by molar-refractivity contribution is 7.13. The highest BCUT2D eigenvalue weighted by atomic mass is 32.1. The molecule has 0 saturated carbocycles. The zero-order valence-electron chi connectivity index (χ0n) is 14.3. The Hall–Kier alpha value is -1.54. The van der Waals surface area contributed by atoms with Crippen molar-refractivity contribution in [1.29, 1.82) is 0 Å². The molecule has 0 spiro atoms. The van der Waals surface area contributed by atoms with Gasteiger partial charge in [-0.05, 0) is 45.7 Å². The molecule has 0 aliphatic carbocycles. The number of aryl methyl sites for hydroxylation is 1. The molecule has 1 fully saturated rings. The fourth-order valence-electron chi connectivity index (χ4n) is 2.62. The van der Waals surface area contributed by atoms with E-state index in [2.05, 4.69) is 56.8 Å². The largest absolute Gasteiger partial charge is 0.359 e. The topological polar surface area (TPSA) is 71.8 Å². The Morgan fingerprint density at radius 1 is 1.30 bits per heavy atom. The van der Waals surface area contributed by atoms with E-state index in [1.54, 1.807) is 16.1 Å². The number of nitrogens with one attached hydrogen (secondary N) is 1. The summed E-state index contributed by atoms with van der Waals surface area (Å²) < 4.78 is 0. The average Bonchev–Trinajstić information content (AvgIpc) is 3.10. The Labute approximate surface area is 141 Å². The van der Waals surface area contributed by atoms with Crippen LogP contribution in [-0.4, -0.2) is 49.2 Å². The maximum absolute atomic E-state index is 4.49. The SMILES string of the molecule is Cc1csc(NC2CCN(Cc3nnn(C(C)(C)C)n3)CC2)n1. The molecule has 1 aliphatic rings. The van der Waals surface area contributed by atoms with Crippen LogP contribution in [0.1, 0.15) is 45.1 Å². The van der Waals surface area contributed by atoms with Gasteiger partial charge < -0.3 is 5.32 Å². The molecule has 2 aromatic rings. The minimum atomic E-state index is -0.117. The molecule has 0 atom stereocenters. The Morgan fingerprint density at radius 2 is 2.04 bits per heavy atom. The lowest BCUT2D eigenvalue weighted by Gasteiger charge is -2.31. The van der Waals surface area contributed by atoms with Crippen LogP contribution in [0.15, 0.2) is 5.38 Å². The van der Waals surface area contributed by atoms with Gasteiger partial charge in [-0.25, -0.2) is 4.98 Å². The van der Waals surface area contributed by atoms with Crippen LogP contribution in [0.25, 0.3) is 0 Å². The van der Waals surface area contributed by atoms with Gasteiger partial charge in [0.05, 0.1) is 17.8 Å². The van der Waals surface area contributed by atoms with Crippen LogP contribution in [0.3, 0.4) is 0 Å². The van der Waals surface area contributed by atoms with E-state index in [9.17, 15) is 0 Å². The van der Waals surface area contributed by atoms with Crippen LogP contribution in [0.5, 0.6) is 0 Å². The van der Waals surface area contributed by atoms with Gasteiger partial charge in [-0.15, -0.1) is 21.5 Å². The third-order valence-corrected chi connectivity index (χ3v) is 4.85. The van der Waals surface area contributed by atoms with E-state index in [4.69, 9.17) is 0 Å².